The van der Waals surface area contributed by atoms with Crippen molar-refractivity contribution in [3.05, 3.63) is 77.0 Å². The summed E-state index contributed by atoms with van der Waals surface area (Å²) < 4.78 is 56.4. The van der Waals surface area contributed by atoms with Gasteiger partial charge in [0, 0.05) is 5.56 Å². The van der Waals surface area contributed by atoms with Crippen LogP contribution in [0.3, 0.4) is 0 Å². The second-order valence-corrected chi connectivity index (χ2v) is 8.36. The van der Waals surface area contributed by atoms with E-state index < -0.39 is 29.1 Å². The molecule has 0 saturated carbocycles. The number of aryl methyl sites for hydroxylation is 1. The Balaban J connectivity index is 1.58. The summed E-state index contributed by atoms with van der Waals surface area (Å²) in [4.78, 5) is 16.2. The van der Waals surface area contributed by atoms with E-state index in [0.29, 0.717) is 18.4 Å². The standard InChI is InChI=1S/C25H22F3NO5/c1-14-11-16(25(26,27)28)12-18(23(30)31)22(14)33-17-9-7-15(8-10-17)19-5-4-6-20(29-19)21-13-32-24(2,3)34-21/h4-12,21H,13H2,1-3H3,(H,30,31). The molecule has 0 amide bonds. The SMILES string of the molecule is Cc1cc(C(F)(F)F)cc(C(=O)O)c1Oc1ccc(-c2cccc(C3COC(C)(C)O3)n2)cc1. The predicted molar refractivity (Wildman–Crippen MR) is 117 cm³/mol. The Hall–Kier alpha value is -3.43. The number of carboxylic acid groups (broad SMARTS) is 1. The van der Waals surface area contributed by atoms with Gasteiger partial charge in [0.05, 0.1) is 23.6 Å². The molecule has 1 aliphatic heterocycles. The molecular weight excluding hydrogens is 451 g/mol. The molecule has 1 fully saturated rings. The van der Waals surface area contributed by atoms with Gasteiger partial charge in [-0.3, -0.25) is 0 Å². The average Bonchev–Trinajstić information content (AvgIpc) is 3.14. The van der Waals surface area contributed by atoms with E-state index in [1.54, 1.807) is 24.3 Å². The normalized spacial score (nSPS) is 17.5. The predicted octanol–water partition coefficient (Wildman–Crippen LogP) is 6.39. The van der Waals surface area contributed by atoms with Gasteiger partial charge < -0.3 is 19.3 Å². The van der Waals surface area contributed by atoms with Gasteiger partial charge in [0.1, 0.15) is 23.2 Å². The smallest absolute Gasteiger partial charge is 0.416 e. The Morgan fingerprint density at radius 3 is 2.44 bits per heavy atom. The van der Waals surface area contributed by atoms with Gasteiger partial charge in [-0.2, -0.15) is 13.2 Å². The molecule has 6 nitrogen and oxygen atoms in total. The van der Waals surface area contributed by atoms with Crippen molar-refractivity contribution in [1.82, 2.24) is 4.98 Å². The van der Waals surface area contributed by atoms with Gasteiger partial charge in [0.15, 0.2) is 5.79 Å². The molecule has 1 unspecified atom stereocenters. The fourth-order valence-electron chi connectivity index (χ4n) is 3.67. The molecule has 1 N–H and O–H groups in total. The second-order valence-electron chi connectivity index (χ2n) is 8.36. The first kappa shape index (κ1) is 23.7. The largest absolute Gasteiger partial charge is 0.478 e. The molecule has 2 aromatic carbocycles. The van der Waals surface area contributed by atoms with E-state index in [9.17, 15) is 23.1 Å². The van der Waals surface area contributed by atoms with E-state index in [-0.39, 0.29) is 23.2 Å². The van der Waals surface area contributed by atoms with E-state index in [1.165, 1.54) is 6.92 Å². The molecule has 0 aliphatic carbocycles. The third-order valence-corrected chi connectivity index (χ3v) is 5.31. The summed E-state index contributed by atoms with van der Waals surface area (Å²) in [6.07, 6.45) is -4.95. The zero-order valence-corrected chi connectivity index (χ0v) is 18.6. The zero-order valence-electron chi connectivity index (χ0n) is 18.6. The summed E-state index contributed by atoms with van der Waals surface area (Å²) in [6, 6.07) is 13.7. The molecule has 0 bridgehead atoms. The Morgan fingerprint density at radius 1 is 1.15 bits per heavy atom. The van der Waals surface area contributed by atoms with Crippen LogP contribution >= 0.6 is 0 Å². The van der Waals surface area contributed by atoms with Crippen molar-refractivity contribution in [2.75, 3.05) is 6.61 Å². The summed E-state index contributed by atoms with van der Waals surface area (Å²) in [5.41, 5.74) is 0.648. The highest BCUT2D eigenvalue weighted by Gasteiger charge is 2.35. The van der Waals surface area contributed by atoms with Crippen molar-refractivity contribution in [2.45, 2.75) is 38.8 Å². The Labute approximate surface area is 193 Å². The molecule has 2 heterocycles. The van der Waals surface area contributed by atoms with Crippen LogP contribution in [0.4, 0.5) is 13.2 Å². The van der Waals surface area contributed by atoms with E-state index >= 15 is 0 Å². The number of rotatable bonds is 5. The third kappa shape index (κ3) is 5.05. The lowest BCUT2D eigenvalue weighted by Crippen LogP contribution is -2.19. The highest BCUT2D eigenvalue weighted by molar-refractivity contribution is 5.92. The van der Waals surface area contributed by atoms with Crippen LogP contribution in [0.2, 0.25) is 0 Å². The summed E-state index contributed by atoms with van der Waals surface area (Å²) in [7, 11) is 0. The van der Waals surface area contributed by atoms with Gasteiger partial charge in [0.2, 0.25) is 0 Å². The first-order valence-corrected chi connectivity index (χ1v) is 10.4. The van der Waals surface area contributed by atoms with Crippen LogP contribution in [0.15, 0.2) is 54.6 Å². The molecule has 1 aromatic heterocycles. The number of carbonyl (C=O) groups is 1. The Morgan fingerprint density at radius 2 is 1.85 bits per heavy atom. The number of nitrogens with zero attached hydrogens (tertiary/aromatic N) is 1. The number of benzene rings is 2. The number of hydrogen-bond donors (Lipinski definition) is 1. The highest BCUT2D eigenvalue weighted by atomic mass is 19.4. The van der Waals surface area contributed by atoms with Gasteiger partial charge >= 0.3 is 12.1 Å². The quantitative estimate of drug-likeness (QED) is 0.463. The maximum absolute atomic E-state index is 13.1. The lowest BCUT2D eigenvalue weighted by atomic mass is 10.0. The number of aromatic nitrogens is 1. The van der Waals surface area contributed by atoms with Crippen LogP contribution in [0.5, 0.6) is 11.5 Å². The number of alkyl halides is 3. The minimum atomic E-state index is -4.66. The first-order chi connectivity index (χ1) is 15.9. The van der Waals surface area contributed by atoms with E-state index in [2.05, 4.69) is 4.98 Å². The van der Waals surface area contributed by atoms with Crippen molar-refractivity contribution in [3.63, 3.8) is 0 Å². The van der Waals surface area contributed by atoms with Crippen LogP contribution in [-0.2, 0) is 15.7 Å². The van der Waals surface area contributed by atoms with Gasteiger partial charge in [-0.1, -0.05) is 6.07 Å². The van der Waals surface area contributed by atoms with Crippen LogP contribution in [0, 0.1) is 6.92 Å². The summed E-state index contributed by atoms with van der Waals surface area (Å²) in [6.45, 7) is 5.44. The minimum absolute atomic E-state index is 0.0624. The lowest BCUT2D eigenvalue weighted by molar-refractivity contribution is -0.139. The molecule has 1 saturated heterocycles. The van der Waals surface area contributed by atoms with Crippen LogP contribution in [0.25, 0.3) is 11.3 Å². The molecule has 1 aliphatic rings. The van der Waals surface area contributed by atoms with Crippen molar-refractivity contribution in [3.8, 4) is 22.8 Å². The number of carboxylic acids is 1. The van der Waals surface area contributed by atoms with E-state index in [4.69, 9.17) is 14.2 Å². The van der Waals surface area contributed by atoms with Crippen molar-refractivity contribution >= 4 is 5.97 Å². The van der Waals surface area contributed by atoms with Gasteiger partial charge in [-0.25, -0.2) is 9.78 Å². The maximum atomic E-state index is 13.1. The van der Waals surface area contributed by atoms with Crippen LogP contribution in [-0.4, -0.2) is 28.5 Å². The fraction of sp³-hybridized carbons (Fsp3) is 0.280. The monoisotopic (exact) mass is 473 g/mol. The topological polar surface area (TPSA) is 77.9 Å². The van der Waals surface area contributed by atoms with Gasteiger partial charge in [-0.15, -0.1) is 0 Å². The molecule has 9 heteroatoms. The van der Waals surface area contributed by atoms with Gasteiger partial charge in [-0.05, 0) is 74.9 Å². The van der Waals surface area contributed by atoms with Crippen molar-refractivity contribution < 1.29 is 37.3 Å². The molecular formula is C25H22F3NO5. The third-order valence-electron chi connectivity index (χ3n) is 5.31. The van der Waals surface area contributed by atoms with Crippen molar-refractivity contribution in [1.29, 1.82) is 0 Å². The number of halogens is 3. The van der Waals surface area contributed by atoms with E-state index in [1.807, 2.05) is 32.0 Å². The molecule has 1 atom stereocenters. The van der Waals surface area contributed by atoms with Gasteiger partial charge in [0.25, 0.3) is 0 Å². The average molecular weight is 473 g/mol. The first-order valence-electron chi connectivity index (χ1n) is 10.4. The van der Waals surface area contributed by atoms with Crippen LogP contribution in [0.1, 0.15) is 47.1 Å². The van der Waals surface area contributed by atoms with Crippen LogP contribution < -0.4 is 4.74 Å². The number of hydrogen-bond acceptors (Lipinski definition) is 5. The fourth-order valence-corrected chi connectivity index (χ4v) is 3.67. The zero-order chi connectivity index (χ0) is 24.7. The molecule has 34 heavy (non-hydrogen) atoms. The lowest BCUT2D eigenvalue weighted by Gasteiger charge is -2.17. The van der Waals surface area contributed by atoms with E-state index in [0.717, 1.165) is 17.3 Å². The Bertz CT molecular complexity index is 1220. The summed E-state index contributed by atoms with van der Waals surface area (Å²) in [5.74, 6) is -2.05. The number of aromatic carboxylic acids is 1. The highest BCUT2D eigenvalue weighted by Crippen LogP contribution is 2.37. The van der Waals surface area contributed by atoms with Crippen molar-refractivity contribution in [2.24, 2.45) is 0 Å². The molecule has 178 valence electrons. The molecule has 3 aromatic rings. The Kier molecular flexibility index (Phi) is 6.09. The molecule has 0 spiro atoms. The second kappa shape index (κ2) is 8.73. The number of ether oxygens (including phenoxy) is 3. The summed E-state index contributed by atoms with van der Waals surface area (Å²) >= 11 is 0. The molecule has 0 radical (unpaired) electrons. The minimum Gasteiger partial charge on any atom is -0.478 e. The summed E-state index contributed by atoms with van der Waals surface area (Å²) in [5, 5.41) is 9.42. The maximum Gasteiger partial charge on any atom is 0.416 e. The molecule has 4 rings (SSSR count). The number of pyridine rings is 1.